The van der Waals surface area contributed by atoms with Crippen molar-refractivity contribution in [3.63, 3.8) is 0 Å². The van der Waals surface area contributed by atoms with Gasteiger partial charge in [0.1, 0.15) is 5.75 Å². The number of benzene rings is 2. The van der Waals surface area contributed by atoms with Gasteiger partial charge < -0.3 is 14.6 Å². The molecule has 0 amide bonds. The third-order valence-corrected chi connectivity index (χ3v) is 6.58. The van der Waals surface area contributed by atoms with Gasteiger partial charge in [0, 0.05) is 28.1 Å². The van der Waals surface area contributed by atoms with Gasteiger partial charge in [0.25, 0.3) is 0 Å². The van der Waals surface area contributed by atoms with Crippen LogP contribution < -0.4 is 10.1 Å². The van der Waals surface area contributed by atoms with Crippen LogP contribution in [0.1, 0.15) is 47.1 Å². The summed E-state index contributed by atoms with van der Waals surface area (Å²) >= 11 is 3.50. The van der Waals surface area contributed by atoms with Crippen LogP contribution in [0.2, 0.25) is 0 Å². The highest BCUT2D eigenvalue weighted by molar-refractivity contribution is 9.10. The molecule has 30 heavy (non-hydrogen) atoms. The maximum Gasteiger partial charge on any atom is 0.233 e. The zero-order chi connectivity index (χ0) is 20.8. The Morgan fingerprint density at radius 3 is 2.47 bits per heavy atom. The van der Waals surface area contributed by atoms with Gasteiger partial charge in [-0.15, -0.1) is 0 Å². The summed E-state index contributed by atoms with van der Waals surface area (Å²) in [6, 6.07) is 16.1. The average molecular weight is 465 g/mol. The van der Waals surface area contributed by atoms with Crippen molar-refractivity contribution in [2.24, 2.45) is 0 Å². The van der Waals surface area contributed by atoms with Crippen LogP contribution in [0.15, 0.2) is 68.8 Å². The lowest BCUT2D eigenvalue weighted by molar-refractivity contribution is -0.116. The summed E-state index contributed by atoms with van der Waals surface area (Å²) < 4.78 is 11.9. The molecule has 2 aliphatic rings. The van der Waals surface area contributed by atoms with E-state index in [0.29, 0.717) is 12.3 Å². The number of hydrogen-bond acceptors (Lipinski definition) is 5. The molecule has 1 aliphatic heterocycles. The molecular weight excluding hydrogens is 444 g/mol. The van der Waals surface area contributed by atoms with Crippen molar-refractivity contribution in [3.05, 3.63) is 86.7 Å². The normalized spacial score (nSPS) is 20.4. The van der Waals surface area contributed by atoms with Gasteiger partial charge in [0.2, 0.25) is 5.88 Å². The second-order valence-corrected chi connectivity index (χ2v) is 8.73. The van der Waals surface area contributed by atoms with E-state index in [4.69, 9.17) is 9.26 Å². The summed E-state index contributed by atoms with van der Waals surface area (Å²) in [5.74, 6) is 1.57. The standard InChI is InChI=1S/C24H21BrN2O3/c1-13-21-22(15-3-7-17(25)8-4-15)23-19(26-24(21)30-27-13)11-16(12-20(23)28)14-5-9-18(29-2)10-6-14/h3-10,16,22,26H,11-12H2,1-2H3. The second kappa shape index (κ2) is 7.43. The summed E-state index contributed by atoms with van der Waals surface area (Å²) in [5.41, 5.74) is 5.73. The highest BCUT2D eigenvalue weighted by Gasteiger charge is 2.41. The molecule has 0 radical (unpaired) electrons. The minimum absolute atomic E-state index is 0.116. The van der Waals surface area contributed by atoms with Crippen LogP contribution >= 0.6 is 15.9 Å². The molecule has 3 aromatic rings. The lowest BCUT2D eigenvalue weighted by Crippen LogP contribution is -2.29. The number of hydrogen-bond donors (Lipinski definition) is 1. The molecule has 0 fully saturated rings. The van der Waals surface area contributed by atoms with Crippen LogP contribution in [0.25, 0.3) is 0 Å². The van der Waals surface area contributed by atoms with E-state index in [-0.39, 0.29) is 17.6 Å². The quantitative estimate of drug-likeness (QED) is 0.537. The predicted octanol–water partition coefficient (Wildman–Crippen LogP) is 5.71. The summed E-state index contributed by atoms with van der Waals surface area (Å²) in [7, 11) is 1.65. The minimum atomic E-state index is -0.167. The van der Waals surface area contributed by atoms with Gasteiger partial charge in [0.15, 0.2) is 5.78 Å². The average Bonchev–Trinajstić information content (AvgIpc) is 3.13. The number of anilines is 1. The third-order valence-electron chi connectivity index (χ3n) is 6.05. The van der Waals surface area contributed by atoms with E-state index in [1.165, 1.54) is 0 Å². The smallest absolute Gasteiger partial charge is 0.233 e. The highest BCUT2D eigenvalue weighted by Crippen LogP contribution is 2.49. The second-order valence-electron chi connectivity index (χ2n) is 7.81. The first-order chi connectivity index (χ1) is 14.5. The molecular formula is C24H21BrN2O3. The Morgan fingerprint density at radius 1 is 1.07 bits per heavy atom. The molecule has 0 saturated heterocycles. The first-order valence-electron chi connectivity index (χ1n) is 9.94. The van der Waals surface area contributed by atoms with Gasteiger partial charge in [-0.2, -0.15) is 0 Å². The fourth-order valence-corrected chi connectivity index (χ4v) is 4.84. The van der Waals surface area contributed by atoms with E-state index in [9.17, 15) is 4.79 Å². The van der Waals surface area contributed by atoms with Gasteiger partial charge >= 0.3 is 0 Å². The van der Waals surface area contributed by atoms with Gasteiger partial charge in [-0.3, -0.25) is 4.79 Å². The Labute approximate surface area is 183 Å². The molecule has 0 spiro atoms. The number of nitrogens with one attached hydrogen (secondary N) is 1. The largest absolute Gasteiger partial charge is 0.497 e. The first kappa shape index (κ1) is 19.1. The van der Waals surface area contributed by atoms with Gasteiger partial charge in [0.05, 0.1) is 18.4 Å². The van der Waals surface area contributed by atoms with Crippen LogP contribution in [0, 0.1) is 6.92 Å². The molecule has 5 rings (SSSR count). The zero-order valence-corrected chi connectivity index (χ0v) is 18.3. The highest BCUT2D eigenvalue weighted by atomic mass is 79.9. The number of Topliss-reactive ketones (excluding diaryl/α,β-unsaturated/α-hetero) is 1. The van der Waals surface area contributed by atoms with Crippen LogP contribution in [-0.4, -0.2) is 18.0 Å². The van der Waals surface area contributed by atoms with Gasteiger partial charge in [-0.1, -0.05) is 45.4 Å². The number of fused-ring (bicyclic) bond motifs is 1. The van der Waals surface area contributed by atoms with E-state index in [2.05, 4.69) is 38.5 Å². The lowest BCUT2D eigenvalue weighted by Gasteiger charge is -2.34. The van der Waals surface area contributed by atoms with Crippen LogP contribution in [-0.2, 0) is 4.79 Å². The lowest BCUT2D eigenvalue weighted by atomic mass is 9.72. The van der Waals surface area contributed by atoms with Crippen molar-refractivity contribution < 1.29 is 14.1 Å². The molecule has 152 valence electrons. The Morgan fingerprint density at radius 2 is 1.77 bits per heavy atom. The molecule has 1 aromatic heterocycles. The number of allylic oxidation sites excluding steroid dienone is 2. The predicted molar refractivity (Wildman–Crippen MR) is 118 cm³/mol. The Balaban J connectivity index is 1.58. The number of aryl methyl sites for hydroxylation is 1. The number of ether oxygens (including phenoxy) is 1. The van der Waals surface area contributed by atoms with E-state index >= 15 is 0 Å². The molecule has 2 unspecified atom stereocenters. The fourth-order valence-electron chi connectivity index (χ4n) is 4.57. The molecule has 2 aromatic carbocycles. The number of ketones is 1. The summed E-state index contributed by atoms with van der Waals surface area (Å²) in [6.45, 7) is 1.93. The number of nitrogens with zero attached hydrogens (tertiary/aromatic N) is 1. The summed E-state index contributed by atoms with van der Waals surface area (Å²) in [5, 5.41) is 7.55. The number of carbonyl (C=O) groups is 1. The maximum atomic E-state index is 13.4. The zero-order valence-electron chi connectivity index (χ0n) is 16.7. The van der Waals surface area contributed by atoms with Crippen molar-refractivity contribution in [3.8, 4) is 5.75 Å². The molecule has 6 heteroatoms. The molecule has 0 saturated carbocycles. The number of methoxy groups -OCH3 is 1. The Bertz CT molecular complexity index is 1150. The molecule has 5 nitrogen and oxygen atoms in total. The van der Waals surface area contributed by atoms with Gasteiger partial charge in [-0.05, 0) is 54.7 Å². The number of rotatable bonds is 3. The monoisotopic (exact) mass is 464 g/mol. The molecule has 2 atom stereocenters. The topological polar surface area (TPSA) is 64.4 Å². The van der Waals surface area contributed by atoms with E-state index in [0.717, 1.165) is 50.3 Å². The first-order valence-corrected chi connectivity index (χ1v) is 10.7. The number of carbonyl (C=O) groups excluding carboxylic acids is 1. The Hall–Kier alpha value is -2.86. The summed E-state index contributed by atoms with van der Waals surface area (Å²) in [6.07, 6.45) is 1.24. The van der Waals surface area contributed by atoms with E-state index in [1.54, 1.807) is 7.11 Å². The number of aromatic nitrogens is 1. The summed E-state index contributed by atoms with van der Waals surface area (Å²) in [4.78, 5) is 13.4. The van der Waals surface area contributed by atoms with Crippen LogP contribution in [0.4, 0.5) is 5.88 Å². The van der Waals surface area contributed by atoms with Crippen molar-refractivity contribution in [1.82, 2.24) is 5.16 Å². The van der Waals surface area contributed by atoms with Crippen molar-refractivity contribution in [2.75, 3.05) is 12.4 Å². The number of halogens is 1. The van der Waals surface area contributed by atoms with Crippen LogP contribution in [0.5, 0.6) is 5.75 Å². The molecule has 2 heterocycles. The minimum Gasteiger partial charge on any atom is -0.497 e. The SMILES string of the molecule is COc1ccc(C2CC(=O)C3=C(C2)Nc2onc(C)c2C3c2ccc(Br)cc2)cc1. The van der Waals surface area contributed by atoms with Crippen molar-refractivity contribution in [1.29, 1.82) is 0 Å². The Kier molecular flexibility index (Phi) is 4.74. The van der Waals surface area contributed by atoms with Gasteiger partial charge in [-0.25, -0.2) is 0 Å². The fraction of sp³-hybridized carbons (Fsp3) is 0.250. The van der Waals surface area contributed by atoms with E-state index in [1.807, 2.05) is 43.3 Å². The van der Waals surface area contributed by atoms with Crippen molar-refractivity contribution in [2.45, 2.75) is 31.6 Å². The molecule has 1 N–H and O–H groups in total. The van der Waals surface area contributed by atoms with Crippen LogP contribution in [0.3, 0.4) is 0 Å². The molecule has 0 bridgehead atoms. The van der Waals surface area contributed by atoms with Crippen molar-refractivity contribution >= 4 is 27.6 Å². The third kappa shape index (κ3) is 3.16. The molecule has 1 aliphatic carbocycles. The van der Waals surface area contributed by atoms with E-state index < -0.39 is 0 Å². The maximum absolute atomic E-state index is 13.4.